The van der Waals surface area contributed by atoms with E-state index < -0.39 is 0 Å². The molecular formula is C19H24FN5O2. The maximum absolute atomic E-state index is 13.9. The maximum Gasteiger partial charge on any atom is 0.269 e. The Labute approximate surface area is 157 Å². The molecule has 1 aliphatic heterocycles. The van der Waals surface area contributed by atoms with Crippen LogP contribution >= 0.6 is 0 Å². The molecule has 2 heterocycles. The molecule has 0 spiro atoms. The van der Waals surface area contributed by atoms with E-state index in [1.54, 1.807) is 33.8 Å². The molecule has 0 aliphatic carbocycles. The van der Waals surface area contributed by atoms with Gasteiger partial charge >= 0.3 is 0 Å². The summed E-state index contributed by atoms with van der Waals surface area (Å²) < 4.78 is 15.5. The summed E-state index contributed by atoms with van der Waals surface area (Å²) in [6, 6.07) is 8.34. The van der Waals surface area contributed by atoms with Crippen LogP contribution in [0.4, 0.5) is 10.1 Å². The maximum atomic E-state index is 13.9. The van der Waals surface area contributed by atoms with Crippen molar-refractivity contribution in [2.24, 2.45) is 0 Å². The second-order valence-corrected chi connectivity index (χ2v) is 6.49. The molecular weight excluding hydrogens is 349 g/mol. The number of hydrogen-bond donors (Lipinski definition) is 1. The van der Waals surface area contributed by atoms with Gasteiger partial charge in [-0.2, -0.15) is 5.10 Å². The molecule has 1 aliphatic rings. The zero-order valence-corrected chi connectivity index (χ0v) is 15.6. The van der Waals surface area contributed by atoms with Crippen LogP contribution in [0.15, 0.2) is 30.3 Å². The lowest BCUT2D eigenvalue weighted by atomic mass is 10.2. The average Bonchev–Trinajstić information content (AvgIpc) is 3.07. The Bertz CT molecular complexity index is 827. The first-order chi connectivity index (χ1) is 13.0. The van der Waals surface area contributed by atoms with E-state index in [0.29, 0.717) is 44.1 Å². The first-order valence-electron chi connectivity index (χ1n) is 9.09. The molecule has 8 heteroatoms. The second-order valence-electron chi connectivity index (χ2n) is 6.49. The van der Waals surface area contributed by atoms with E-state index in [9.17, 15) is 14.0 Å². The molecule has 1 fully saturated rings. The van der Waals surface area contributed by atoms with Gasteiger partial charge in [-0.1, -0.05) is 12.1 Å². The molecule has 3 rings (SSSR count). The summed E-state index contributed by atoms with van der Waals surface area (Å²) in [5, 5.41) is 6.91. The Balaban J connectivity index is 1.51. The van der Waals surface area contributed by atoms with Crippen LogP contribution in [0.3, 0.4) is 0 Å². The molecule has 1 aromatic heterocycles. The van der Waals surface area contributed by atoms with Gasteiger partial charge in [0.15, 0.2) is 0 Å². The van der Waals surface area contributed by atoms with Crippen molar-refractivity contribution in [3.63, 3.8) is 0 Å². The van der Waals surface area contributed by atoms with Crippen LogP contribution in [0.1, 0.15) is 23.1 Å². The smallest absolute Gasteiger partial charge is 0.269 e. The zero-order chi connectivity index (χ0) is 19.4. The normalized spacial score (nSPS) is 14.3. The fraction of sp³-hybridized carbons (Fsp3) is 0.421. The van der Waals surface area contributed by atoms with Crippen molar-refractivity contribution in [2.45, 2.75) is 20.4 Å². The summed E-state index contributed by atoms with van der Waals surface area (Å²) >= 11 is 0. The van der Waals surface area contributed by atoms with Crippen LogP contribution in [-0.2, 0) is 11.3 Å². The number of carbonyl (C=O) groups is 2. The van der Waals surface area contributed by atoms with Crippen molar-refractivity contribution in [1.82, 2.24) is 20.0 Å². The van der Waals surface area contributed by atoms with Gasteiger partial charge in [-0.3, -0.25) is 14.3 Å². The van der Waals surface area contributed by atoms with Gasteiger partial charge in [-0.05, 0) is 32.0 Å². The first kappa shape index (κ1) is 18.9. The summed E-state index contributed by atoms with van der Waals surface area (Å²) in [4.78, 5) is 28.3. The monoisotopic (exact) mass is 373 g/mol. The van der Waals surface area contributed by atoms with Crippen LogP contribution in [0, 0.1) is 12.7 Å². The molecule has 1 N–H and O–H groups in total. The van der Waals surface area contributed by atoms with Crippen molar-refractivity contribution in [2.75, 3.05) is 37.6 Å². The number of anilines is 1. The van der Waals surface area contributed by atoms with Crippen molar-refractivity contribution in [1.29, 1.82) is 0 Å². The molecule has 0 bridgehead atoms. The number of nitrogens with one attached hydrogen (secondary N) is 1. The molecule has 144 valence electrons. The molecule has 7 nitrogen and oxygen atoms in total. The lowest BCUT2D eigenvalue weighted by Gasteiger charge is -2.36. The highest BCUT2D eigenvalue weighted by Crippen LogP contribution is 2.20. The van der Waals surface area contributed by atoms with E-state index >= 15 is 0 Å². The molecule has 0 atom stereocenters. The largest absolute Gasteiger partial charge is 0.366 e. The van der Waals surface area contributed by atoms with Crippen molar-refractivity contribution < 1.29 is 14.0 Å². The number of halogens is 1. The summed E-state index contributed by atoms with van der Waals surface area (Å²) in [5.74, 6) is -0.709. The topological polar surface area (TPSA) is 70.5 Å². The van der Waals surface area contributed by atoms with Gasteiger partial charge in [0, 0.05) is 32.7 Å². The quantitative estimate of drug-likeness (QED) is 0.861. The van der Waals surface area contributed by atoms with Crippen molar-refractivity contribution in [3.05, 3.63) is 47.5 Å². The Morgan fingerprint density at radius 1 is 1.19 bits per heavy atom. The van der Waals surface area contributed by atoms with Crippen molar-refractivity contribution >= 4 is 17.5 Å². The number of amides is 2. The third-order valence-electron chi connectivity index (χ3n) is 4.66. The minimum atomic E-state index is -0.309. The number of hydrogen-bond acceptors (Lipinski definition) is 4. The van der Waals surface area contributed by atoms with Crippen LogP contribution < -0.4 is 10.2 Å². The molecule has 2 aromatic rings. The third-order valence-corrected chi connectivity index (χ3v) is 4.66. The fourth-order valence-electron chi connectivity index (χ4n) is 3.23. The number of aryl methyl sites for hydroxylation is 2. The van der Waals surface area contributed by atoms with E-state index in [1.807, 2.05) is 18.7 Å². The second kappa shape index (κ2) is 8.20. The Hall–Kier alpha value is -2.90. The van der Waals surface area contributed by atoms with Gasteiger partial charge in [0.2, 0.25) is 5.91 Å². The number of nitrogens with zero attached hydrogens (tertiary/aromatic N) is 4. The number of piperazine rings is 1. The van der Waals surface area contributed by atoms with Crippen LogP contribution in [0.25, 0.3) is 0 Å². The lowest BCUT2D eigenvalue weighted by molar-refractivity contribution is -0.130. The summed E-state index contributed by atoms with van der Waals surface area (Å²) in [5.41, 5.74) is 1.77. The molecule has 27 heavy (non-hydrogen) atoms. The van der Waals surface area contributed by atoms with Gasteiger partial charge in [0.05, 0.1) is 17.9 Å². The van der Waals surface area contributed by atoms with E-state index in [-0.39, 0.29) is 24.2 Å². The standard InChI is InChI=1S/C19H24FN5O2/c1-3-25-17(12-14(2)22-25)19(27)21-13-18(26)24-10-8-23(9-11-24)16-7-5-4-6-15(16)20/h4-7,12H,3,8-11,13H2,1-2H3,(H,21,27). The van der Waals surface area contributed by atoms with Crippen LogP contribution in [0.2, 0.25) is 0 Å². The van der Waals surface area contributed by atoms with Crippen LogP contribution in [0.5, 0.6) is 0 Å². The SMILES string of the molecule is CCn1nc(C)cc1C(=O)NCC(=O)N1CCN(c2ccccc2F)CC1. The predicted molar refractivity (Wildman–Crippen MR) is 100 cm³/mol. The number of benzene rings is 1. The molecule has 0 radical (unpaired) electrons. The minimum absolute atomic E-state index is 0.0630. The van der Waals surface area contributed by atoms with Gasteiger partial charge in [0.1, 0.15) is 11.5 Å². The molecule has 2 amide bonds. The number of rotatable bonds is 5. The number of para-hydroxylation sites is 1. The molecule has 0 unspecified atom stereocenters. The van der Waals surface area contributed by atoms with E-state index in [1.165, 1.54) is 6.07 Å². The first-order valence-corrected chi connectivity index (χ1v) is 9.09. The van der Waals surface area contributed by atoms with Gasteiger partial charge in [-0.25, -0.2) is 4.39 Å². The highest BCUT2D eigenvalue weighted by molar-refractivity contribution is 5.95. The third kappa shape index (κ3) is 4.27. The number of carbonyl (C=O) groups excluding carboxylic acids is 2. The molecule has 1 saturated heterocycles. The Morgan fingerprint density at radius 3 is 2.56 bits per heavy atom. The minimum Gasteiger partial charge on any atom is -0.366 e. The fourth-order valence-corrected chi connectivity index (χ4v) is 3.23. The average molecular weight is 373 g/mol. The summed E-state index contributed by atoms with van der Waals surface area (Å²) in [6.07, 6.45) is 0. The Morgan fingerprint density at radius 2 is 1.89 bits per heavy atom. The van der Waals surface area contributed by atoms with E-state index in [0.717, 1.165) is 5.69 Å². The van der Waals surface area contributed by atoms with Gasteiger partial charge in [0.25, 0.3) is 5.91 Å². The Kier molecular flexibility index (Phi) is 5.73. The summed E-state index contributed by atoms with van der Waals surface area (Å²) in [7, 11) is 0. The van der Waals surface area contributed by atoms with Crippen LogP contribution in [-0.4, -0.2) is 59.2 Å². The zero-order valence-electron chi connectivity index (χ0n) is 15.6. The number of aromatic nitrogens is 2. The summed E-state index contributed by atoms with van der Waals surface area (Å²) in [6.45, 7) is 6.36. The van der Waals surface area contributed by atoms with Crippen molar-refractivity contribution in [3.8, 4) is 0 Å². The lowest BCUT2D eigenvalue weighted by Crippen LogP contribution is -2.51. The van der Waals surface area contributed by atoms with E-state index in [4.69, 9.17) is 0 Å². The predicted octanol–water partition coefficient (Wildman–Crippen LogP) is 1.43. The van der Waals surface area contributed by atoms with Gasteiger partial charge in [-0.15, -0.1) is 0 Å². The molecule has 0 saturated carbocycles. The highest BCUT2D eigenvalue weighted by Gasteiger charge is 2.23. The highest BCUT2D eigenvalue weighted by atomic mass is 19.1. The van der Waals surface area contributed by atoms with E-state index in [2.05, 4.69) is 10.4 Å². The molecule has 1 aromatic carbocycles. The van der Waals surface area contributed by atoms with Gasteiger partial charge < -0.3 is 15.1 Å².